The Morgan fingerprint density at radius 1 is 1.33 bits per heavy atom. The number of aromatic amines is 1. The van der Waals surface area contributed by atoms with Gasteiger partial charge in [0.15, 0.2) is 0 Å². The zero-order chi connectivity index (χ0) is 8.55. The fourth-order valence-electron chi connectivity index (χ4n) is 1.15. The van der Waals surface area contributed by atoms with Crippen molar-refractivity contribution >= 4 is 16.6 Å². The molecule has 2 N–H and O–H groups in total. The number of hydrogen-bond acceptors (Lipinski definition) is 3. The van der Waals surface area contributed by atoms with Crippen molar-refractivity contribution in [3.63, 3.8) is 0 Å². The zero-order valence-corrected chi connectivity index (χ0v) is 6.19. The first-order chi connectivity index (χ1) is 5.77. The molecule has 0 atom stereocenters. The fraction of sp³-hybridized carbons (Fsp3) is 0. The van der Waals surface area contributed by atoms with E-state index in [0.29, 0.717) is 0 Å². The predicted molar refractivity (Wildman–Crippen MR) is 45.9 cm³/mol. The summed E-state index contributed by atoms with van der Waals surface area (Å²) >= 11 is 0. The van der Waals surface area contributed by atoms with E-state index >= 15 is 0 Å². The van der Waals surface area contributed by atoms with E-state index in [0.717, 1.165) is 10.9 Å². The molecule has 0 aliphatic rings. The Morgan fingerprint density at radius 2 is 2.17 bits per heavy atom. The molecule has 0 fully saturated rings. The second kappa shape index (κ2) is 2.51. The standard InChI is InChI=1S/C8H7N2O2/c11-10(12)7-2-1-6-3-4-9-8(6)5-7/h1-5,9,11H/q-1. The van der Waals surface area contributed by atoms with Crippen molar-refractivity contribution in [3.05, 3.63) is 35.7 Å². The molecule has 0 aliphatic carbocycles. The van der Waals surface area contributed by atoms with Crippen molar-refractivity contribution in [1.82, 2.24) is 4.98 Å². The third-order valence-corrected chi connectivity index (χ3v) is 1.76. The molecule has 62 valence electrons. The molecule has 0 saturated carbocycles. The Bertz CT molecular complexity index is 395. The number of aromatic nitrogens is 1. The lowest BCUT2D eigenvalue weighted by atomic mass is 10.2. The molecular weight excluding hydrogens is 156 g/mol. The van der Waals surface area contributed by atoms with Gasteiger partial charge in [0.1, 0.15) is 0 Å². The van der Waals surface area contributed by atoms with Crippen LogP contribution in [0, 0.1) is 5.21 Å². The number of rotatable bonds is 1. The second-order valence-corrected chi connectivity index (χ2v) is 2.52. The monoisotopic (exact) mass is 163 g/mol. The molecule has 0 saturated heterocycles. The van der Waals surface area contributed by atoms with Gasteiger partial charge in [0.2, 0.25) is 0 Å². The third kappa shape index (κ3) is 1.03. The summed E-state index contributed by atoms with van der Waals surface area (Å²) in [5.41, 5.74) is 1.06. The summed E-state index contributed by atoms with van der Waals surface area (Å²) in [4.78, 5) is 2.94. The molecular formula is C8H7N2O2-. The molecule has 0 aliphatic heterocycles. The lowest BCUT2D eigenvalue weighted by Crippen LogP contribution is -2.06. The molecule has 0 radical (unpaired) electrons. The molecule has 4 nitrogen and oxygen atoms in total. The van der Waals surface area contributed by atoms with Gasteiger partial charge >= 0.3 is 0 Å². The van der Waals surface area contributed by atoms with Crippen LogP contribution < -0.4 is 5.23 Å². The van der Waals surface area contributed by atoms with Crippen molar-refractivity contribution in [2.45, 2.75) is 0 Å². The quantitative estimate of drug-likeness (QED) is 0.630. The predicted octanol–water partition coefficient (Wildman–Crippen LogP) is 1.86. The van der Waals surface area contributed by atoms with Crippen molar-refractivity contribution < 1.29 is 5.21 Å². The smallest absolute Gasteiger partial charge is 0.0529 e. The first kappa shape index (κ1) is 7.15. The Morgan fingerprint density at radius 3 is 2.92 bits per heavy atom. The minimum absolute atomic E-state index is 0.152. The second-order valence-electron chi connectivity index (χ2n) is 2.52. The van der Waals surface area contributed by atoms with Crippen molar-refractivity contribution in [2.75, 3.05) is 5.23 Å². The van der Waals surface area contributed by atoms with Crippen molar-refractivity contribution in [2.24, 2.45) is 0 Å². The van der Waals surface area contributed by atoms with Crippen LogP contribution in [0.15, 0.2) is 30.5 Å². The van der Waals surface area contributed by atoms with Crippen LogP contribution in [-0.4, -0.2) is 10.2 Å². The van der Waals surface area contributed by atoms with Crippen molar-refractivity contribution in [1.29, 1.82) is 0 Å². The van der Waals surface area contributed by atoms with Gasteiger partial charge in [0.05, 0.1) is 5.69 Å². The minimum atomic E-state index is -0.152. The number of anilines is 1. The highest BCUT2D eigenvalue weighted by molar-refractivity contribution is 5.82. The summed E-state index contributed by atoms with van der Waals surface area (Å²) in [6.07, 6.45) is 1.78. The largest absolute Gasteiger partial charge is 0.733 e. The van der Waals surface area contributed by atoms with Gasteiger partial charge in [-0.15, -0.1) is 0 Å². The Hall–Kier alpha value is -1.52. The summed E-state index contributed by atoms with van der Waals surface area (Å²) in [6.45, 7) is 0. The van der Waals surface area contributed by atoms with Gasteiger partial charge in [-0.25, -0.2) is 0 Å². The van der Waals surface area contributed by atoms with Gasteiger partial charge in [-0.1, -0.05) is 6.07 Å². The number of hydrogen-bond donors (Lipinski definition) is 2. The van der Waals surface area contributed by atoms with Crippen LogP contribution in [0.4, 0.5) is 5.69 Å². The molecule has 0 unspecified atom stereocenters. The highest BCUT2D eigenvalue weighted by Gasteiger charge is 1.96. The Labute approximate surface area is 68.6 Å². The molecule has 1 aromatic carbocycles. The van der Waals surface area contributed by atoms with Crippen LogP contribution in [0.1, 0.15) is 0 Å². The summed E-state index contributed by atoms with van der Waals surface area (Å²) in [5.74, 6) is 0. The van der Waals surface area contributed by atoms with Crippen LogP contribution in [0.25, 0.3) is 10.9 Å². The van der Waals surface area contributed by atoms with E-state index in [1.54, 1.807) is 24.4 Å². The topological polar surface area (TPSA) is 62.3 Å². The Kier molecular flexibility index (Phi) is 1.49. The Balaban J connectivity index is 2.60. The highest BCUT2D eigenvalue weighted by Crippen LogP contribution is 2.19. The summed E-state index contributed by atoms with van der Waals surface area (Å²) in [7, 11) is 0. The molecule has 12 heavy (non-hydrogen) atoms. The van der Waals surface area contributed by atoms with Crippen molar-refractivity contribution in [3.8, 4) is 0 Å². The summed E-state index contributed by atoms with van der Waals surface area (Å²) in [5, 5.41) is 19.9. The van der Waals surface area contributed by atoms with E-state index in [4.69, 9.17) is 5.21 Å². The van der Waals surface area contributed by atoms with E-state index in [1.807, 2.05) is 6.07 Å². The first-order valence-electron chi connectivity index (χ1n) is 3.50. The van der Waals surface area contributed by atoms with E-state index in [1.165, 1.54) is 0 Å². The molecule has 1 heterocycles. The van der Waals surface area contributed by atoms with Gasteiger partial charge in [0.25, 0.3) is 0 Å². The van der Waals surface area contributed by atoms with Gasteiger partial charge in [-0.05, 0) is 23.6 Å². The van der Waals surface area contributed by atoms with Crippen LogP contribution >= 0.6 is 0 Å². The number of fused-ring (bicyclic) bond motifs is 1. The molecule has 2 aromatic rings. The zero-order valence-electron chi connectivity index (χ0n) is 6.19. The minimum Gasteiger partial charge on any atom is -0.733 e. The van der Waals surface area contributed by atoms with E-state index in [9.17, 15) is 5.21 Å². The third-order valence-electron chi connectivity index (χ3n) is 1.76. The molecule has 0 amide bonds. The lowest BCUT2D eigenvalue weighted by Gasteiger charge is -2.21. The maximum absolute atomic E-state index is 10.5. The number of H-pyrrole nitrogens is 1. The summed E-state index contributed by atoms with van der Waals surface area (Å²) in [6, 6.07) is 6.80. The van der Waals surface area contributed by atoms with E-state index < -0.39 is 0 Å². The molecule has 1 aromatic heterocycles. The van der Waals surface area contributed by atoms with E-state index in [-0.39, 0.29) is 10.9 Å². The average Bonchev–Trinajstić information content (AvgIpc) is 2.49. The number of nitrogens with zero attached hydrogens (tertiary/aromatic N) is 1. The van der Waals surface area contributed by atoms with Crippen LogP contribution in [0.5, 0.6) is 0 Å². The first-order valence-corrected chi connectivity index (χ1v) is 3.50. The number of benzene rings is 1. The normalized spacial score (nSPS) is 10.5. The maximum atomic E-state index is 10.5. The van der Waals surface area contributed by atoms with Crippen LogP contribution in [0.3, 0.4) is 0 Å². The van der Waals surface area contributed by atoms with Gasteiger partial charge in [-0.3, -0.25) is 5.21 Å². The fourth-order valence-corrected chi connectivity index (χ4v) is 1.15. The van der Waals surface area contributed by atoms with Crippen LogP contribution in [0.2, 0.25) is 0 Å². The number of nitrogens with one attached hydrogen (secondary N) is 1. The molecule has 4 heteroatoms. The lowest BCUT2D eigenvalue weighted by molar-refractivity contribution is 0.296. The molecule has 0 spiro atoms. The van der Waals surface area contributed by atoms with Gasteiger partial charge in [0, 0.05) is 11.7 Å². The van der Waals surface area contributed by atoms with Gasteiger partial charge < -0.3 is 15.4 Å². The molecule has 2 rings (SSSR count). The average molecular weight is 163 g/mol. The maximum Gasteiger partial charge on any atom is 0.0529 e. The van der Waals surface area contributed by atoms with Crippen LogP contribution in [-0.2, 0) is 0 Å². The van der Waals surface area contributed by atoms with E-state index in [2.05, 4.69) is 4.98 Å². The highest BCUT2D eigenvalue weighted by atomic mass is 16.8. The van der Waals surface area contributed by atoms with Gasteiger partial charge in [-0.2, -0.15) is 0 Å². The molecule has 0 bridgehead atoms. The SMILES string of the molecule is [O-]N(O)c1ccc2cc[nH]c2c1. The summed E-state index contributed by atoms with van der Waals surface area (Å²) < 4.78 is 0.